The predicted octanol–water partition coefficient (Wildman–Crippen LogP) is 2.43. The fraction of sp³-hybridized carbons (Fsp3) is 0.300. The number of aryl methyl sites for hydroxylation is 2. The van der Waals surface area contributed by atoms with Crippen LogP contribution in [0.25, 0.3) is 11.0 Å². The number of rotatable bonds is 1. The number of aromatic nitrogens is 2. The van der Waals surface area contributed by atoms with E-state index in [0.29, 0.717) is 0 Å². The molecule has 0 unspecified atom stereocenters. The maximum absolute atomic E-state index is 4.26. The molecule has 0 saturated heterocycles. The molecule has 0 atom stereocenters. The van der Waals surface area contributed by atoms with Crippen LogP contribution in [-0.2, 0) is 6.42 Å². The zero-order chi connectivity index (χ0) is 8.55. The van der Waals surface area contributed by atoms with Crippen LogP contribution in [0.15, 0.2) is 18.5 Å². The first kappa shape index (κ1) is 7.35. The van der Waals surface area contributed by atoms with Crippen LogP contribution in [0.2, 0.25) is 0 Å². The first-order valence-electron chi connectivity index (χ1n) is 4.24. The number of pyridine rings is 1. The summed E-state index contributed by atoms with van der Waals surface area (Å²) in [4.78, 5) is 7.42. The molecular weight excluding hydrogens is 148 g/mol. The minimum Gasteiger partial charge on any atom is -0.346 e. The summed E-state index contributed by atoms with van der Waals surface area (Å²) in [5, 5.41) is 1.29. The van der Waals surface area contributed by atoms with Crippen molar-refractivity contribution in [2.45, 2.75) is 20.3 Å². The Morgan fingerprint density at radius 2 is 2.33 bits per heavy atom. The van der Waals surface area contributed by atoms with E-state index in [9.17, 15) is 0 Å². The van der Waals surface area contributed by atoms with Crippen molar-refractivity contribution in [1.82, 2.24) is 9.97 Å². The number of nitrogens with one attached hydrogen (secondary N) is 1. The maximum Gasteiger partial charge on any atom is 0.137 e. The Bertz CT molecular complexity index is 401. The number of nitrogens with zero attached hydrogens (tertiary/aromatic N) is 1. The zero-order valence-corrected chi connectivity index (χ0v) is 7.39. The topological polar surface area (TPSA) is 28.7 Å². The summed E-state index contributed by atoms with van der Waals surface area (Å²) in [6, 6.07) is 2.05. The Morgan fingerprint density at radius 1 is 1.50 bits per heavy atom. The van der Waals surface area contributed by atoms with Crippen LogP contribution in [0, 0.1) is 6.92 Å². The third kappa shape index (κ3) is 0.916. The molecule has 2 nitrogen and oxygen atoms in total. The van der Waals surface area contributed by atoms with Gasteiger partial charge in [-0.3, -0.25) is 0 Å². The van der Waals surface area contributed by atoms with Gasteiger partial charge in [0, 0.05) is 17.8 Å². The van der Waals surface area contributed by atoms with Gasteiger partial charge in [-0.05, 0) is 30.5 Å². The molecule has 12 heavy (non-hydrogen) atoms. The molecule has 2 rings (SSSR count). The molecule has 2 aromatic rings. The van der Waals surface area contributed by atoms with Crippen LogP contribution in [0.1, 0.15) is 18.1 Å². The molecule has 2 heteroatoms. The van der Waals surface area contributed by atoms with Crippen LogP contribution in [-0.4, -0.2) is 9.97 Å². The van der Waals surface area contributed by atoms with Gasteiger partial charge in [0.25, 0.3) is 0 Å². The van der Waals surface area contributed by atoms with E-state index in [4.69, 9.17) is 0 Å². The van der Waals surface area contributed by atoms with Crippen LogP contribution in [0.4, 0.5) is 0 Å². The van der Waals surface area contributed by atoms with E-state index < -0.39 is 0 Å². The summed E-state index contributed by atoms with van der Waals surface area (Å²) >= 11 is 0. The highest BCUT2D eigenvalue weighted by molar-refractivity contribution is 5.82. The number of fused-ring (bicyclic) bond motifs is 1. The number of aromatic amines is 1. The molecule has 0 saturated carbocycles. The lowest BCUT2D eigenvalue weighted by Crippen LogP contribution is -1.81. The molecule has 62 valence electrons. The van der Waals surface area contributed by atoms with Crippen molar-refractivity contribution in [3.8, 4) is 0 Å². The normalized spacial score (nSPS) is 10.8. The highest BCUT2D eigenvalue weighted by atomic mass is 14.8. The van der Waals surface area contributed by atoms with Crippen molar-refractivity contribution in [2.75, 3.05) is 0 Å². The Hall–Kier alpha value is -1.31. The summed E-state index contributed by atoms with van der Waals surface area (Å²) in [5.74, 6) is 0. The smallest absolute Gasteiger partial charge is 0.137 e. The van der Waals surface area contributed by atoms with Gasteiger partial charge in [0.2, 0.25) is 0 Å². The van der Waals surface area contributed by atoms with Crippen LogP contribution >= 0.6 is 0 Å². The Balaban J connectivity index is 2.83. The molecule has 0 radical (unpaired) electrons. The van der Waals surface area contributed by atoms with Gasteiger partial charge in [0.1, 0.15) is 5.65 Å². The van der Waals surface area contributed by atoms with Gasteiger partial charge >= 0.3 is 0 Å². The van der Waals surface area contributed by atoms with Gasteiger partial charge in [-0.1, -0.05) is 6.92 Å². The summed E-state index contributed by atoms with van der Waals surface area (Å²) in [6.45, 7) is 4.28. The molecule has 0 aliphatic rings. The van der Waals surface area contributed by atoms with Gasteiger partial charge < -0.3 is 4.98 Å². The molecule has 2 aromatic heterocycles. The third-order valence-electron chi connectivity index (χ3n) is 2.24. The zero-order valence-electron chi connectivity index (χ0n) is 7.39. The summed E-state index contributed by atoms with van der Waals surface area (Å²) in [7, 11) is 0. The molecule has 0 aliphatic carbocycles. The van der Waals surface area contributed by atoms with Crippen molar-refractivity contribution in [2.24, 2.45) is 0 Å². The van der Waals surface area contributed by atoms with E-state index in [-0.39, 0.29) is 0 Å². The Morgan fingerprint density at radius 3 is 3.08 bits per heavy atom. The quantitative estimate of drug-likeness (QED) is 0.682. The lowest BCUT2D eigenvalue weighted by atomic mass is 10.1. The Labute approximate surface area is 71.6 Å². The second-order valence-electron chi connectivity index (χ2n) is 3.02. The molecule has 0 aromatic carbocycles. The predicted molar refractivity (Wildman–Crippen MR) is 50.2 cm³/mol. The van der Waals surface area contributed by atoms with E-state index in [2.05, 4.69) is 29.9 Å². The third-order valence-corrected chi connectivity index (χ3v) is 2.24. The van der Waals surface area contributed by atoms with Crippen LogP contribution in [0.5, 0.6) is 0 Å². The van der Waals surface area contributed by atoms with E-state index in [0.717, 1.165) is 12.1 Å². The van der Waals surface area contributed by atoms with Crippen molar-refractivity contribution >= 4 is 11.0 Å². The minimum atomic E-state index is 1.01. The first-order valence-corrected chi connectivity index (χ1v) is 4.24. The number of hydrogen-bond acceptors (Lipinski definition) is 1. The second kappa shape index (κ2) is 2.63. The summed E-state index contributed by atoms with van der Waals surface area (Å²) in [6.07, 6.45) is 4.95. The van der Waals surface area contributed by atoms with Crippen molar-refractivity contribution in [3.63, 3.8) is 0 Å². The minimum absolute atomic E-state index is 1.01. The molecule has 1 N–H and O–H groups in total. The van der Waals surface area contributed by atoms with Crippen LogP contribution < -0.4 is 0 Å². The first-order chi connectivity index (χ1) is 5.83. The lowest BCUT2D eigenvalue weighted by molar-refractivity contribution is 1.15. The fourth-order valence-corrected chi connectivity index (χ4v) is 1.58. The van der Waals surface area contributed by atoms with Gasteiger partial charge in [-0.25, -0.2) is 4.98 Å². The summed E-state index contributed by atoms with van der Waals surface area (Å²) < 4.78 is 0. The van der Waals surface area contributed by atoms with Crippen molar-refractivity contribution < 1.29 is 0 Å². The monoisotopic (exact) mass is 160 g/mol. The molecule has 0 amide bonds. The highest BCUT2D eigenvalue weighted by Gasteiger charge is 2.03. The molecule has 0 spiro atoms. The molecule has 0 aliphatic heterocycles. The number of hydrogen-bond donors (Lipinski definition) is 1. The second-order valence-corrected chi connectivity index (χ2v) is 3.02. The molecule has 0 fully saturated rings. The van der Waals surface area contributed by atoms with E-state index >= 15 is 0 Å². The molecule has 0 bridgehead atoms. The largest absolute Gasteiger partial charge is 0.346 e. The molecular formula is C10H12N2. The van der Waals surface area contributed by atoms with Crippen molar-refractivity contribution in [1.29, 1.82) is 0 Å². The van der Waals surface area contributed by atoms with Gasteiger partial charge in [0.05, 0.1) is 0 Å². The molecule has 2 heterocycles. The highest BCUT2D eigenvalue weighted by Crippen LogP contribution is 2.19. The SMILES string of the molecule is CCc1c[nH]c2nccc(C)c12. The maximum atomic E-state index is 4.26. The average Bonchev–Trinajstić information content (AvgIpc) is 2.49. The lowest BCUT2D eigenvalue weighted by Gasteiger charge is -1.96. The van der Waals surface area contributed by atoms with Gasteiger partial charge in [-0.15, -0.1) is 0 Å². The number of H-pyrrole nitrogens is 1. The van der Waals surface area contributed by atoms with E-state index in [1.165, 1.54) is 16.5 Å². The van der Waals surface area contributed by atoms with Crippen molar-refractivity contribution in [3.05, 3.63) is 29.6 Å². The van der Waals surface area contributed by atoms with E-state index in [1.54, 1.807) is 0 Å². The van der Waals surface area contributed by atoms with E-state index in [1.807, 2.05) is 12.4 Å². The summed E-state index contributed by atoms with van der Waals surface area (Å²) in [5.41, 5.74) is 3.67. The average molecular weight is 160 g/mol. The van der Waals surface area contributed by atoms with Gasteiger partial charge in [-0.2, -0.15) is 0 Å². The fourth-order valence-electron chi connectivity index (χ4n) is 1.58. The Kier molecular flexibility index (Phi) is 1.61. The van der Waals surface area contributed by atoms with Crippen LogP contribution in [0.3, 0.4) is 0 Å². The van der Waals surface area contributed by atoms with Gasteiger partial charge in [0.15, 0.2) is 0 Å². The standard InChI is InChI=1S/C10H12N2/c1-3-8-6-12-10-9(8)7(2)4-5-11-10/h4-6H,3H2,1-2H3,(H,11,12).